The lowest BCUT2D eigenvalue weighted by atomic mass is 10.0. The van der Waals surface area contributed by atoms with Gasteiger partial charge in [0.25, 0.3) is 0 Å². The molecule has 9 heavy (non-hydrogen) atoms. The van der Waals surface area contributed by atoms with Gasteiger partial charge in [0, 0.05) is 0 Å². The summed E-state index contributed by atoms with van der Waals surface area (Å²) in [6, 6.07) is 0. The van der Waals surface area contributed by atoms with Crippen molar-refractivity contribution in [2.45, 2.75) is 32.6 Å². The van der Waals surface area contributed by atoms with Crippen LogP contribution in [0.1, 0.15) is 32.6 Å². The van der Waals surface area contributed by atoms with Gasteiger partial charge in [-0.25, -0.2) is 0 Å². The predicted molar refractivity (Wildman–Crippen MR) is 49.7 cm³/mol. The fraction of sp³-hybridized carbons (Fsp3) is 0.750. The summed E-state index contributed by atoms with van der Waals surface area (Å²) < 4.78 is 1.57. The van der Waals surface area contributed by atoms with E-state index in [2.05, 4.69) is 35.6 Å². The highest BCUT2D eigenvalue weighted by Crippen LogP contribution is 2.26. The van der Waals surface area contributed by atoms with Crippen molar-refractivity contribution in [3.05, 3.63) is 9.66 Å². The lowest BCUT2D eigenvalue weighted by molar-refractivity contribution is 0.531. The quantitative estimate of drug-likeness (QED) is 0.564. The predicted octanol–water partition coefficient (Wildman–Crippen LogP) is 3.52. The molecule has 1 rings (SSSR count). The number of halogens is 1. The van der Waals surface area contributed by atoms with Crippen LogP contribution in [0, 0.1) is 5.92 Å². The van der Waals surface area contributed by atoms with E-state index >= 15 is 0 Å². The second-order valence-electron chi connectivity index (χ2n) is 2.89. The van der Waals surface area contributed by atoms with Crippen molar-refractivity contribution in [2.75, 3.05) is 0 Å². The van der Waals surface area contributed by atoms with E-state index in [0.717, 1.165) is 5.92 Å². The number of allylic oxidation sites excluding steroid dienone is 2. The fourth-order valence-electron chi connectivity index (χ4n) is 1.24. The summed E-state index contributed by atoms with van der Waals surface area (Å²) in [4.78, 5) is 0. The molecule has 0 aromatic heterocycles. The first-order chi connectivity index (χ1) is 4.29. The van der Waals surface area contributed by atoms with Gasteiger partial charge in [0.1, 0.15) is 0 Å². The van der Waals surface area contributed by atoms with Crippen molar-refractivity contribution in [2.24, 2.45) is 5.92 Å². The summed E-state index contributed by atoms with van der Waals surface area (Å²) in [5, 5.41) is 0. The normalized spacial score (nSPS) is 29.1. The van der Waals surface area contributed by atoms with E-state index in [1.165, 1.54) is 25.7 Å². The van der Waals surface area contributed by atoms with Gasteiger partial charge in [-0.1, -0.05) is 19.4 Å². The Morgan fingerprint density at radius 2 is 2.44 bits per heavy atom. The molecule has 0 amide bonds. The van der Waals surface area contributed by atoms with Gasteiger partial charge in [0.2, 0.25) is 0 Å². The van der Waals surface area contributed by atoms with E-state index in [1.807, 2.05) is 0 Å². The molecule has 1 aliphatic carbocycles. The third-order valence-electron chi connectivity index (χ3n) is 1.81. The third kappa shape index (κ3) is 2.70. The topological polar surface area (TPSA) is 0 Å². The van der Waals surface area contributed by atoms with Gasteiger partial charge in [-0.2, -0.15) is 0 Å². The molecule has 0 unspecified atom stereocenters. The SMILES string of the molecule is C[C@H]1CCCC=C(I)C1. The van der Waals surface area contributed by atoms with Gasteiger partial charge in [-0.15, -0.1) is 0 Å². The fourth-order valence-corrected chi connectivity index (χ4v) is 2.31. The molecule has 0 nitrogen and oxygen atoms in total. The molecular formula is C8H13I. The van der Waals surface area contributed by atoms with E-state index < -0.39 is 0 Å². The molecule has 0 bridgehead atoms. The van der Waals surface area contributed by atoms with Crippen LogP contribution in [0.5, 0.6) is 0 Å². The molecule has 0 N–H and O–H groups in total. The number of hydrogen-bond acceptors (Lipinski definition) is 0. The van der Waals surface area contributed by atoms with Gasteiger partial charge >= 0.3 is 0 Å². The van der Waals surface area contributed by atoms with Crippen LogP contribution in [-0.4, -0.2) is 0 Å². The van der Waals surface area contributed by atoms with E-state index in [9.17, 15) is 0 Å². The lowest BCUT2D eigenvalue weighted by Crippen LogP contribution is -1.90. The summed E-state index contributed by atoms with van der Waals surface area (Å²) in [7, 11) is 0. The maximum absolute atomic E-state index is 2.46. The summed E-state index contributed by atoms with van der Waals surface area (Å²) in [5.74, 6) is 0.927. The summed E-state index contributed by atoms with van der Waals surface area (Å²) in [6.07, 6.45) is 7.82. The van der Waals surface area contributed by atoms with Crippen LogP contribution >= 0.6 is 22.6 Å². The molecule has 0 aliphatic heterocycles. The summed E-state index contributed by atoms with van der Waals surface area (Å²) in [5.41, 5.74) is 0. The zero-order chi connectivity index (χ0) is 6.69. The summed E-state index contributed by atoms with van der Waals surface area (Å²) in [6.45, 7) is 2.35. The van der Waals surface area contributed by atoms with Crippen molar-refractivity contribution in [1.29, 1.82) is 0 Å². The minimum Gasteiger partial charge on any atom is -0.0752 e. The van der Waals surface area contributed by atoms with Crippen LogP contribution in [0.15, 0.2) is 9.66 Å². The molecular weight excluding hydrogens is 223 g/mol. The lowest BCUT2D eigenvalue weighted by Gasteiger charge is -2.04. The molecule has 1 atom stereocenters. The largest absolute Gasteiger partial charge is 0.0752 e. The van der Waals surface area contributed by atoms with Crippen LogP contribution in [0.3, 0.4) is 0 Å². The van der Waals surface area contributed by atoms with Crippen LogP contribution in [0.4, 0.5) is 0 Å². The van der Waals surface area contributed by atoms with Crippen LogP contribution in [0.25, 0.3) is 0 Å². The highest BCUT2D eigenvalue weighted by molar-refractivity contribution is 14.1. The first kappa shape index (κ1) is 7.58. The second-order valence-corrected chi connectivity index (χ2v) is 4.28. The molecule has 0 fully saturated rings. The Morgan fingerprint density at radius 3 is 3.22 bits per heavy atom. The Labute approximate surface area is 70.9 Å². The molecule has 0 radical (unpaired) electrons. The van der Waals surface area contributed by atoms with Gasteiger partial charge < -0.3 is 0 Å². The molecule has 0 saturated heterocycles. The Balaban J connectivity index is 2.44. The maximum Gasteiger partial charge on any atom is -0.0131 e. The molecule has 0 spiro atoms. The van der Waals surface area contributed by atoms with Gasteiger partial charge in [-0.05, 0) is 51.4 Å². The smallest absolute Gasteiger partial charge is 0.0131 e. The molecule has 0 heterocycles. The van der Waals surface area contributed by atoms with Crippen LogP contribution in [0.2, 0.25) is 0 Å². The first-order valence-corrected chi connectivity index (χ1v) is 4.71. The zero-order valence-corrected chi connectivity index (χ0v) is 8.02. The van der Waals surface area contributed by atoms with Crippen molar-refractivity contribution in [3.63, 3.8) is 0 Å². The molecule has 1 aliphatic rings. The Morgan fingerprint density at radius 1 is 1.67 bits per heavy atom. The second kappa shape index (κ2) is 3.59. The number of hydrogen-bond donors (Lipinski definition) is 0. The average molecular weight is 236 g/mol. The van der Waals surface area contributed by atoms with Crippen molar-refractivity contribution in [3.8, 4) is 0 Å². The van der Waals surface area contributed by atoms with Crippen molar-refractivity contribution in [1.82, 2.24) is 0 Å². The van der Waals surface area contributed by atoms with E-state index in [0.29, 0.717) is 0 Å². The minimum absolute atomic E-state index is 0.927. The van der Waals surface area contributed by atoms with E-state index in [4.69, 9.17) is 0 Å². The van der Waals surface area contributed by atoms with Crippen molar-refractivity contribution < 1.29 is 0 Å². The minimum atomic E-state index is 0.927. The molecule has 0 aromatic carbocycles. The molecule has 0 aromatic rings. The standard InChI is InChI=1S/C8H13I/c1-7-4-2-3-5-8(9)6-7/h5,7H,2-4,6H2,1H3/t7-/m0/s1. The Bertz CT molecular complexity index is 116. The van der Waals surface area contributed by atoms with E-state index in [1.54, 1.807) is 3.58 Å². The highest BCUT2D eigenvalue weighted by atomic mass is 127. The Kier molecular flexibility index (Phi) is 3.02. The zero-order valence-electron chi connectivity index (χ0n) is 5.86. The monoisotopic (exact) mass is 236 g/mol. The average Bonchev–Trinajstić information content (AvgIpc) is 1.93. The molecule has 0 saturated carbocycles. The highest BCUT2D eigenvalue weighted by Gasteiger charge is 2.06. The molecule has 1 heteroatoms. The Hall–Kier alpha value is 0.470. The van der Waals surface area contributed by atoms with Crippen LogP contribution in [-0.2, 0) is 0 Å². The van der Waals surface area contributed by atoms with Crippen molar-refractivity contribution >= 4 is 22.6 Å². The summed E-state index contributed by atoms with van der Waals surface area (Å²) >= 11 is 2.46. The van der Waals surface area contributed by atoms with E-state index in [-0.39, 0.29) is 0 Å². The number of rotatable bonds is 0. The first-order valence-electron chi connectivity index (χ1n) is 3.63. The maximum atomic E-state index is 2.46. The van der Waals surface area contributed by atoms with Gasteiger partial charge in [-0.3, -0.25) is 0 Å². The van der Waals surface area contributed by atoms with Gasteiger partial charge in [0.15, 0.2) is 0 Å². The molecule has 52 valence electrons. The third-order valence-corrected chi connectivity index (χ3v) is 2.69. The van der Waals surface area contributed by atoms with Gasteiger partial charge in [0.05, 0.1) is 0 Å². The van der Waals surface area contributed by atoms with Crippen LogP contribution < -0.4 is 0 Å².